The van der Waals surface area contributed by atoms with E-state index in [-0.39, 0.29) is 17.9 Å². The van der Waals surface area contributed by atoms with E-state index in [1.807, 2.05) is 50.2 Å². The van der Waals surface area contributed by atoms with Gasteiger partial charge in [0.05, 0.1) is 18.2 Å². The highest BCUT2D eigenvalue weighted by Gasteiger charge is 2.28. The SMILES string of the molecule is CCOc1cc2c(cc1NC(=O)C1COc3ccccc3C1)OC(C)C2. The van der Waals surface area contributed by atoms with E-state index in [2.05, 4.69) is 5.32 Å². The van der Waals surface area contributed by atoms with E-state index in [0.717, 1.165) is 29.0 Å². The molecule has 0 aliphatic carbocycles. The predicted octanol–water partition coefficient (Wildman–Crippen LogP) is 3.60. The van der Waals surface area contributed by atoms with Crippen molar-refractivity contribution in [3.8, 4) is 17.2 Å². The Morgan fingerprint density at radius 3 is 2.88 bits per heavy atom. The molecule has 2 aliphatic heterocycles. The van der Waals surface area contributed by atoms with Crippen LogP contribution in [-0.2, 0) is 17.6 Å². The Kier molecular flexibility index (Phi) is 4.45. The molecule has 0 saturated heterocycles. The van der Waals surface area contributed by atoms with Gasteiger partial charge in [0.2, 0.25) is 5.91 Å². The Bertz CT molecular complexity index is 833. The maximum Gasteiger partial charge on any atom is 0.231 e. The Hall–Kier alpha value is -2.69. The second-order valence-electron chi connectivity index (χ2n) is 6.83. The van der Waals surface area contributed by atoms with Gasteiger partial charge in [0, 0.05) is 18.1 Å². The number of hydrogen-bond acceptors (Lipinski definition) is 4. The molecule has 0 bridgehead atoms. The first-order valence-corrected chi connectivity index (χ1v) is 9.12. The van der Waals surface area contributed by atoms with Crippen molar-refractivity contribution in [3.63, 3.8) is 0 Å². The number of carbonyl (C=O) groups excluding carboxylic acids is 1. The molecule has 0 fully saturated rings. The fraction of sp³-hybridized carbons (Fsp3) is 0.381. The van der Waals surface area contributed by atoms with E-state index in [4.69, 9.17) is 14.2 Å². The molecule has 1 amide bonds. The van der Waals surface area contributed by atoms with Gasteiger partial charge >= 0.3 is 0 Å². The zero-order valence-electron chi connectivity index (χ0n) is 15.1. The van der Waals surface area contributed by atoms with Crippen LogP contribution in [0.15, 0.2) is 36.4 Å². The van der Waals surface area contributed by atoms with Gasteiger partial charge in [-0.05, 0) is 38.0 Å². The first kappa shape index (κ1) is 16.8. The zero-order chi connectivity index (χ0) is 18.1. The quantitative estimate of drug-likeness (QED) is 0.912. The van der Waals surface area contributed by atoms with Crippen molar-refractivity contribution < 1.29 is 19.0 Å². The van der Waals surface area contributed by atoms with Crippen molar-refractivity contribution in [1.82, 2.24) is 0 Å². The van der Waals surface area contributed by atoms with E-state index in [0.29, 0.717) is 31.1 Å². The Morgan fingerprint density at radius 2 is 2.04 bits per heavy atom. The number of fused-ring (bicyclic) bond motifs is 2. The molecule has 1 N–H and O–H groups in total. The molecule has 0 spiro atoms. The third-order valence-electron chi connectivity index (χ3n) is 4.81. The fourth-order valence-corrected chi connectivity index (χ4v) is 3.54. The summed E-state index contributed by atoms with van der Waals surface area (Å²) in [6.07, 6.45) is 1.68. The van der Waals surface area contributed by atoms with Gasteiger partial charge in [0.1, 0.15) is 30.0 Å². The van der Waals surface area contributed by atoms with Crippen molar-refractivity contribution in [2.24, 2.45) is 5.92 Å². The molecule has 2 atom stereocenters. The summed E-state index contributed by atoms with van der Waals surface area (Å²) >= 11 is 0. The van der Waals surface area contributed by atoms with Crippen LogP contribution in [0.5, 0.6) is 17.2 Å². The maximum atomic E-state index is 12.8. The van der Waals surface area contributed by atoms with E-state index in [1.54, 1.807) is 0 Å². The maximum absolute atomic E-state index is 12.8. The highest BCUT2D eigenvalue weighted by molar-refractivity contribution is 5.95. The number of benzene rings is 2. The predicted molar refractivity (Wildman–Crippen MR) is 99.2 cm³/mol. The first-order chi connectivity index (χ1) is 12.6. The molecule has 2 heterocycles. The van der Waals surface area contributed by atoms with Crippen LogP contribution in [0.4, 0.5) is 5.69 Å². The molecule has 2 aromatic carbocycles. The fourth-order valence-electron chi connectivity index (χ4n) is 3.54. The van der Waals surface area contributed by atoms with E-state index in [9.17, 15) is 4.79 Å². The van der Waals surface area contributed by atoms with Gasteiger partial charge in [-0.2, -0.15) is 0 Å². The minimum Gasteiger partial charge on any atom is -0.492 e. The van der Waals surface area contributed by atoms with Crippen LogP contribution in [0.25, 0.3) is 0 Å². The summed E-state index contributed by atoms with van der Waals surface area (Å²) in [5.74, 6) is 2.08. The summed E-state index contributed by atoms with van der Waals surface area (Å²) in [4.78, 5) is 12.8. The summed E-state index contributed by atoms with van der Waals surface area (Å²) in [5.41, 5.74) is 2.84. The standard InChI is InChI=1S/C21H23NO4/c1-3-24-20-10-15-8-13(2)26-19(15)11-17(20)22-21(23)16-9-14-6-4-5-7-18(14)25-12-16/h4-7,10-11,13,16H,3,8-9,12H2,1-2H3,(H,22,23). The molecule has 5 nitrogen and oxygen atoms in total. The first-order valence-electron chi connectivity index (χ1n) is 9.12. The van der Waals surface area contributed by atoms with Gasteiger partial charge in [-0.15, -0.1) is 0 Å². The summed E-state index contributed by atoms with van der Waals surface area (Å²) in [7, 11) is 0. The molecule has 4 rings (SSSR count). The Labute approximate surface area is 153 Å². The van der Waals surface area contributed by atoms with Crippen LogP contribution in [0, 0.1) is 5.92 Å². The highest BCUT2D eigenvalue weighted by atomic mass is 16.5. The van der Waals surface area contributed by atoms with Gasteiger partial charge in [0.15, 0.2) is 0 Å². The minimum atomic E-state index is -0.229. The van der Waals surface area contributed by atoms with E-state index < -0.39 is 0 Å². The second kappa shape index (κ2) is 6.90. The van der Waals surface area contributed by atoms with Crippen LogP contribution in [0.1, 0.15) is 25.0 Å². The molecule has 0 saturated carbocycles. The van der Waals surface area contributed by atoms with Crippen LogP contribution in [0.3, 0.4) is 0 Å². The number of anilines is 1. The normalized spacial score (nSPS) is 20.4. The molecule has 2 aromatic rings. The van der Waals surface area contributed by atoms with Gasteiger partial charge in [-0.3, -0.25) is 4.79 Å². The molecule has 2 unspecified atom stereocenters. The number of amides is 1. The average Bonchev–Trinajstić information content (AvgIpc) is 3.00. The number of nitrogens with one attached hydrogen (secondary N) is 1. The number of carbonyl (C=O) groups is 1. The van der Waals surface area contributed by atoms with Crippen molar-refractivity contribution in [2.45, 2.75) is 32.8 Å². The zero-order valence-corrected chi connectivity index (χ0v) is 15.1. The average molecular weight is 353 g/mol. The van der Waals surface area contributed by atoms with Crippen LogP contribution >= 0.6 is 0 Å². The lowest BCUT2D eigenvalue weighted by Gasteiger charge is -2.25. The molecule has 5 heteroatoms. The molecule has 0 radical (unpaired) electrons. The van der Waals surface area contributed by atoms with Crippen molar-refractivity contribution in [2.75, 3.05) is 18.5 Å². The van der Waals surface area contributed by atoms with Crippen molar-refractivity contribution in [3.05, 3.63) is 47.5 Å². The molecule has 2 aliphatic rings. The van der Waals surface area contributed by atoms with E-state index in [1.165, 1.54) is 0 Å². The van der Waals surface area contributed by atoms with Crippen LogP contribution < -0.4 is 19.5 Å². The summed E-state index contributed by atoms with van der Waals surface area (Å²) in [6, 6.07) is 11.7. The molecule has 26 heavy (non-hydrogen) atoms. The van der Waals surface area contributed by atoms with Gasteiger partial charge in [0.25, 0.3) is 0 Å². The van der Waals surface area contributed by atoms with Gasteiger partial charge in [-0.1, -0.05) is 18.2 Å². The van der Waals surface area contributed by atoms with E-state index >= 15 is 0 Å². The topological polar surface area (TPSA) is 56.8 Å². The highest BCUT2D eigenvalue weighted by Crippen LogP contribution is 2.38. The third-order valence-corrected chi connectivity index (χ3v) is 4.81. The van der Waals surface area contributed by atoms with Crippen LogP contribution in [0.2, 0.25) is 0 Å². The third kappa shape index (κ3) is 3.21. The monoisotopic (exact) mass is 353 g/mol. The van der Waals surface area contributed by atoms with Crippen LogP contribution in [-0.4, -0.2) is 25.2 Å². The molecule has 136 valence electrons. The molecular formula is C21H23NO4. The summed E-state index contributed by atoms with van der Waals surface area (Å²) in [5, 5.41) is 3.02. The second-order valence-corrected chi connectivity index (χ2v) is 6.83. The Morgan fingerprint density at radius 1 is 1.19 bits per heavy atom. The Balaban J connectivity index is 1.53. The number of para-hydroxylation sites is 1. The number of rotatable bonds is 4. The lowest BCUT2D eigenvalue weighted by atomic mass is 9.96. The van der Waals surface area contributed by atoms with Gasteiger partial charge in [-0.25, -0.2) is 0 Å². The number of ether oxygens (including phenoxy) is 3. The minimum absolute atomic E-state index is 0.0635. The lowest BCUT2D eigenvalue weighted by molar-refractivity contribution is -0.121. The van der Waals surface area contributed by atoms with Crippen molar-refractivity contribution >= 4 is 11.6 Å². The number of hydrogen-bond donors (Lipinski definition) is 1. The van der Waals surface area contributed by atoms with Crippen molar-refractivity contribution in [1.29, 1.82) is 0 Å². The summed E-state index contributed by atoms with van der Waals surface area (Å²) in [6.45, 7) is 4.89. The summed E-state index contributed by atoms with van der Waals surface area (Å²) < 4.78 is 17.3. The lowest BCUT2D eigenvalue weighted by Crippen LogP contribution is -2.32. The smallest absolute Gasteiger partial charge is 0.231 e. The van der Waals surface area contributed by atoms with Gasteiger partial charge < -0.3 is 19.5 Å². The largest absolute Gasteiger partial charge is 0.492 e. The molecule has 0 aromatic heterocycles. The molecular weight excluding hydrogens is 330 g/mol.